The zero-order valence-electron chi connectivity index (χ0n) is 12.2. The van der Waals surface area contributed by atoms with Crippen LogP contribution in [0.2, 0.25) is 0 Å². The summed E-state index contributed by atoms with van der Waals surface area (Å²) in [6.45, 7) is 15.9. The van der Waals surface area contributed by atoms with Crippen LogP contribution in [0.25, 0.3) is 0 Å². The molecule has 2 atom stereocenters. The summed E-state index contributed by atoms with van der Waals surface area (Å²) in [6.07, 6.45) is -0.559. The molecule has 0 aliphatic rings. The van der Waals surface area contributed by atoms with Crippen molar-refractivity contribution in [2.75, 3.05) is 6.61 Å². The summed E-state index contributed by atoms with van der Waals surface area (Å²) in [5.74, 6) is 0. The van der Waals surface area contributed by atoms with Crippen molar-refractivity contribution in [3.05, 3.63) is 0 Å². The first-order valence-corrected chi connectivity index (χ1v) is 5.86. The molecule has 0 aromatic rings. The second-order valence-corrected chi connectivity index (χ2v) is 6.31. The molecule has 0 spiro atoms. The van der Waals surface area contributed by atoms with E-state index in [2.05, 4.69) is 0 Å². The number of ether oxygens (including phenoxy) is 1. The molecule has 0 saturated carbocycles. The van der Waals surface area contributed by atoms with Gasteiger partial charge >= 0.3 is 0 Å². The molecule has 0 aromatic carbocycles. The summed E-state index contributed by atoms with van der Waals surface area (Å²) in [4.78, 5) is 0. The molecule has 0 saturated heterocycles. The van der Waals surface area contributed by atoms with Gasteiger partial charge in [0.1, 0.15) is 0 Å². The SMILES string of the molecule is CC(O)C(C)(C)C.CC(O)COC(C)(C)C. The third-order valence-corrected chi connectivity index (χ3v) is 2.01. The maximum atomic E-state index is 8.89. The third-order valence-electron chi connectivity index (χ3n) is 2.01. The van der Waals surface area contributed by atoms with Crippen LogP contribution in [-0.2, 0) is 4.74 Å². The molecule has 0 aliphatic heterocycles. The summed E-state index contributed by atoms with van der Waals surface area (Å²) >= 11 is 0. The lowest BCUT2D eigenvalue weighted by Crippen LogP contribution is -2.24. The predicted molar refractivity (Wildman–Crippen MR) is 68.5 cm³/mol. The van der Waals surface area contributed by atoms with Gasteiger partial charge in [0.25, 0.3) is 0 Å². The van der Waals surface area contributed by atoms with E-state index in [-0.39, 0.29) is 23.2 Å². The van der Waals surface area contributed by atoms with Gasteiger partial charge < -0.3 is 14.9 Å². The van der Waals surface area contributed by atoms with Crippen LogP contribution in [0.5, 0.6) is 0 Å². The maximum absolute atomic E-state index is 8.89. The molecular formula is C13H30O3. The van der Waals surface area contributed by atoms with Gasteiger partial charge in [0.05, 0.1) is 24.4 Å². The molecule has 0 fully saturated rings. The molecule has 0 radical (unpaired) electrons. The second-order valence-electron chi connectivity index (χ2n) is 6.31. The quantitative estimate of drug-likeness (QED) is 0.772. The summed E-state index contributed by atoms with van der Waals surface area (Å²) in [5.41, 5.74) is -0.0724. The van der Waals surface area contributed by atoms with Gasteiger partial charge in [-0.2, -0.15) is 0 Å². The van der Waals surface area contributed by atoms with E-state index >= 15 is 0 Å². The number of aliphatic hydroxyl groups excluding tert-OH is 2. The van der Waals surface area contributed by atoms with Gasteiger partial charge in [0.15, 0.2) is 0 Å². The zero-order valence-corrected chi connectivity index (χ0v) is 12.2. The van der Waals surface area contributed by atoms with Crippen molar-refractivity contribution < 1.29 is 14.9 Å². The monoisotopic (exact) mass is 234 g/mol. The zero-order chi connectivity index (χ0) is 13.6. The van der Waals surface area contributed by atoms with Crippen LogP contribution in [0.4, 0.5) is 0 Å². The Balaban J connectivity index is 0. The molecule has 100 valence electrons. The van der Waals surface area contributed by atoms with Crippen molar-refractivity contribution in [3.8, 4) is 0 Å². The predicted octanol–water partition coefficient (Wildman–Crippen LogP) is 2.60. The Hall–Kier alpha value is -0.120. The molecule has 0 heterocycles. The fourth-order valence-corrected chi connectivity index (χ4v) is 0.371. The average molecular weight is 234 g/mol. The Morgan fingerprint density at radius 3 is 1.31 bits per heavy atom. The van der Waals surface area contributed by atoms with Gasteiger partial charge in [0, 0.05) is 0 Å². The number of aliphatic hydroxyl groups is 2. The second kappa shape index (κ2) is 7.25. The highest BCUT2D eigenvalue weighted by atomic mass is 16.5. The van der Waals surface area contributed by atoms with Crippen molar-refractivity contribution >= 4 is 0 Å². The van der Waals surface area contributed by atoms with E-state index in [0.29, 0.717) is 6.61 Å². The molecule has 0 amide bonds. The number of hydrogen-bond acceptors (Lipinski definition) is 3. The largest absolute Gasteiger partial charge is 0.393 e. The molecule has 3 heteroatoms. The van der Waals surface area contributed by atoms with Crippen molar-refractivity contribution in [1.82, 2.24) is 0 Å². The molecule has 0 bridgehead atoms. The van der Waals surface area contributed by atoms with E-state index in [1.165, 1.54) is 0 Å². The topological polar surface area (TPSA) is 49.7 Å². The van der Waals surface area contributed by atoms with Gasteiger partial charge in [0.2, 0.25) is 0 Å². The molecule has 3 nitrogen and oxygen atoms in total. The molecule has 0 aliphatic carbocycles. The van der Waals surface area contributed by atoms with E-state index < -0.39 is 0 Å². The molecular weight excluding hydrogens is 204 g/mol. The van der Waals surface area contributed by atoms with Crippen molar-refractivity contribution in [2.24, 2.45) is 5.41 Å². The third kappa shape index (κ3) is 16.3. The minimum absolute atomic E-state index is 0.0556. The summed E-state index contributed by atoms with van der Waals surface area (Å²) < 4.78 is 5.24. The van der Waals surface area contributed by atoms with Gasteiger partial charge in [-0.05, 0) is 40.0 Å². The van der Waals surface area contributed by atoms with Gasteiger partial charge in [-0.15, -0.1) is 0 Å². The van der Waals surface area contributed by atoms with E-state index in [4.69, 9.17) is 14.9 Å². The first-order valence-electron chi connectivity index (χ1n) is 5.86. The fourth-order valence-electron chi connectivity index (χ4n) is 0.371. The van der Waals surface area contributed by atoms with E-state index in [1.807, 2.05) is 41.5 Å². The maximum Gasteiger partial charge on any atom is 0.0745 e. The highest BCUT2D eigenvalue weighted by Crippen LogP contribution is 2.17. The lowest BCUT2D eigenvalue weighted by molar-refractivity contribution is -0.0436. The Labute approximate surface area is 101 Å². The van der Waals surface area contributed by atoms with Gasteiger partial charge in [-0.1, -0.05) is 20.8 Å². The van der Waals surface area contributed by atoms with Crippen LogP contribution in [0, 0.1) is 5.41 Å². The van der Waals surface area contributed by atoms with Crippen LogP contribution in [0.1, 0.15) is 55.4 Å². The first-order chi connectivity index (χ1) is 6.86. The van der Waals surface area contributed by atoms with Crippen molar-refractivity contribution in [2.45, 2.75) is 73.2 Å². The van der Waals surface area contributed by atoms with Gasteiger partial charge in [-0.3, -0.25) is 0 Å². The van der Waals surface area contributed by atoms with Crippen LogP contribution in [-0.4, -0.2) is 34.6 Å². The van der Waals surface area contributed by atoms with Crippen LogP contribution >= 0.6 is 0 Å². The number of hydrogen-bond donors (Lipinski definition) is 2. The van der Waals surface area contributed by atoms with Crippen LogP contribution in [0.3, 0.4) is 0 Å². The van der Waals surface area contributed by atoms with Crippen LogP contribution in [0.15, 0.2) is 0 Å². The smallest absolute Gasteiger partial charge is 0.0745 e. The molecule has 2 unspecified atom stereocenters. The molecule has 0 rings (SSSR count). The summed E-state index contributed by atoms with van der Waals surface area (Å²) in [7, 11) is 0. The van der Waals surface area contributed by atoms with Crippen LogP contribution < -0.4 is 0 Å². The highest BCUT2D eigenvalue weighted by Gasteiger charge is 2.15. The fraction of sp³-hybridized carbons (Fsp3) is 1.00. The van der Waals surface area contributed by atoms with E-state index in [9.17, 15) is 0 Å². The minimum atomic E-state index is -0.357. The summed E-state index contributed by atoms with van der Waals surface area (Å²) in [5, 5.41) is 17.7. The van der Waals surface area contributed by atoms with Crippen molar-refractivity contribution in [1.29, 1.82) is 0 Å². The molecule has 16 heavy (non-hydrogen) atoms. The van der Waals surface area contributed by atoms with E-state index in [1.54, 1.807) is 13.8 Å². The Morgan fingerprint density at radius 2 is 1.25 bits per heavy atom. The standard InChI is InChI=1S/C7H16O2.C6H14O/c1-6(8)5-9-7(2,3)4;1-5(7)6(2,3)4/h6,8H,5H2,1-4H3;5,7H,1-4H3. The summed E-state index contributed by atoms with van der Waals surface area (Å²) in [6, 6.07) is 0. The van der Waals surface area contributed by atoms with E-state index in [0.717, 1.165) is 0 Å². The Kier molecular flexibility index (Phi) is 8.27. The first kappa shape index (κ1) is 18.3. The lowest BCUT2D eigenvalue weighted by atomic mass is 9.91. The Morgan fingerprint density at radius 1 is 0.938 bits per heavy atom. The number of rotatable bonds is 2. The van der Waals surface area contributed by atoms with Gasteiger partial charge in [-0.25, -0.2) is 0 Å². The molecule has 0 aromatic heterocycles. The highest BCUT2D eigenvalue weighted by molar-refractivity contribution is 4.66. The lowest BCUT2D eigenvalue weighted by Gasteiger charge is -2.21. The molecule has 2 N–H and O–H groups in total. The Bertz CT molecular complexity index is 161. The van der Waals surface area contributed by atoms with Crippen molar-refractivity contribution in [3.63, 3.8) is 0 Å². The minimum Gasteiger partial charge on any atom is -0.393 e. The normalized spacial score (nSPS) is 16.1. The average Bonchev–Trinajstić information content (AvgIpc) is 1.99.